The first-order chi connectivity index (χ1) is 46.4. The highest BCUT2D eigenvalue weighted by atomic mass is 35.5. The lowest BCUT2D eigenvalue weighted by Crippen LogP contribution is -2.47. The van der Waals surface area contributed by atoms with Gasteiger partial charge in [0, 0.05) is 69.0 Å². The molecule has 3 aromatic heterocycles. The van der Waals surface area contributed by atoms with Gasteiger partial charge in [-0.25, -0.2) is 0 Å². The van der Waals surface area contributed by atoms with Gasteiger partial charge in [0.1, 0.15) is 18.1 Å². The van der Waals surface area contributed by atoms with Gasteiger partial charge in [-0.05, 0) is 94.5 Å². The fraction of sp³-hybridized carbons (Fsp3) is 0.557. The van der Waals surface area contributed by atoms with Gasteiger partial charge in [-0.2, -0.15) is 101 Å². The summed E-state index contributed by atoms with van der Waals surface area (Å²) in [5, 5.41) is 38.5. The molecular formula is C61H73ClF21N9O8S. The van der Waals surface area contributed by atoms with E-state index in [-0.39, 0.29) is 82.3 Å². The van der Waals surface area contributed by atoms with Crippen molar-refractivity contribution in [2.75, 3.05) is 66.7 Å². The molecule has 0 bridgehead atoms. The summed E-state index contributed by atoms with van der Waals surface area (Å²) < 4.78 is 287. The molecule has 40 heteroatoms. The number of benzene rings is 2. The Balaban J connectivity index is 0.000000396. The van der Waals surface area contributed by atoms with E-state index >= 15 is 0 Å². The molecule has 3 saturated heterocycles. The summed E-state index contributed by atoms with van der Waals surface area (Å²) >= 11 is 5.29. The fourth-order valence-corrected chi connectivity index (χ4v) is 10.4. The minimum absolute atomic E-state index is 0.000556. The average Bonchev–Trinajstić information content (AvgIpc) is 0.852. The minimum Gasteiger partial charge on any atom is -0.506 e. The zero-order valence-corrected chi connectivity index (χ0v) is 55.4. The van der Waals surface area contributed by atoms with Crippen LogP contribution in [-0.2, 0) is 46.0 Å². The standard InChI is InChI=1S/C13H10F3NO.C8H14F3NO3S.C7H11F3N4.C7H12F3NO.C7H11F3O.C7H8O.C6H3ClF3N.C6H4F3NO/c14-13(15,16)11-6-12(8-17-7-11)18-9-10-4-2-1-3-5-10;1-12-4-6(8(9,10)11)3-7(5-12)15-16(2,13)14;1-14-3-5(7(8,9)10)2-6(4-14)12-13-11;1-11-3-5(7(8,9)10)2-6(12)4-11;8-7(9,10)5-2-1-3-6(11)4-5;8-6-7-4-2-1-3-5-7;7-5-1-4(2-11-3-5)6(8,9)10;7-6(8,9)4-1-5(11)3-10-2-4/h1-8H,9H2;6-7H,3-5H2,1-2H3;5-6H,2-4H2,1H3;5-6,12H,2-4H2,1H3;5-6,11H,1-4H2;1-5,8H,6H2;1-3H;1-3,11H/t;6-,7+;3*5-,6+;;;/m.1110.../s1. The number of ether oxygens (including phenoxy) is 1. The average molecular weight is 1530 g/mol. The van der Waals surface area contributed by atoms with E-state index < -0.39 is 124 Å². The number of piperidine rings is 3. The summed E-state index contributed by atoms with van der Waals surface area (Å²) in [6.07, 6.45) is -25.6. The molecule has 0 radical (unpaired) electrons. The van der Waals surface area contributed by atoms with Crippen molar-refractivity contribution in [2.24, 2.45) is 28.8 Å². The van der Waals surface area contributed by atoms with Crippen molar-refractivity contribution >= 4 is 21.7 Å². The zero-order chi connectivity index (χ0) is 77.0. The van der Waals surface area contributed by atoms with Gasteiger partial charge in [0.15, 0.2) is 0 Å². The monoisotopic (exact) mass is 1530 g/mol. The SMILES string of the molecule is CN1C[C@@H](N=[N+]=[N-])C[C@@H](C(F)(F)F)C1.CN1C[C@@H](O)C[C@@H](C(F)(F)F)C1.CN1C[C@@H](OS(C)(=O)=O)C[C@@H](C(F)(F)F)C1.FC(F)(F)c1cncc(Cl)c1.FC(F)(F)c1cncc(OCc2ccccc2)c1.OCc1ccccc1.O[C@@H]1CCC[C@H](C(F)(F)F)C1.Oc1cncc(C(F)(F)F)c1. The van der Waals surface area contributed by atoms with Crippen molar-refractivity contribution in [1.29, 1.82) is 0 Å². The number of aromatic nitrogens is 3. The molecule has 3 aliphatic heterocycles. The summed E-state index contributed by atoms with van der Waals surface area (Å²) in [6, 6.07) is 20.5. The number of hydrogen-bond acceptors (Lipinski definition) is 15. The van der Waals surface area contributed by atoms with Gasteiger partial charge < -0.3 is 39.9 Å². The summed E-state index contributed by atoms with van der Waals surface area (Å²) in [6.45, 7) is 1.15. The van der Waals surface area contributed by atoms with Crippen LogP contribution in [0, 0.1) is 23.7 Å². The van der Waals surface area contributed by atoms with Gasteiger partial charge in [0.25, 0.3) is 10.1 Å². The van der Waals surface area contributed by atoms with Gasteiger partial charge in [-0.1, -0.05) is 83.8 Å². The van der Waals surface area contributed by atoms with Crippen LogP contribution in [0.2, 0.25) is 5.02 Å². The zero-order valence-electron chi connectivity index (χ0n) is 53.9. The molecule has 5 aromatic rings. The van der Waals surface area contributed by atoms with Crippen molar-refractivity contribution in [3.8, 4) is 11.5 Å². The highest BCUT2D eigenvalue weighted by Gasteiger charge is 2.47. The lowest BCUT2D eigenvalue weighted by Gasteiger charge is -2.35. The number of rotatable bonds is 7. The molecule has 101 heavy (non-hydrogen) atoms. The highest BCUT2D eigenvalue weighted by Crippen LogP contribution is 2.39. The largest absolute Gasteiger partial charge is 0.506 e. The summed E-state index contributed by atoms with van der Waals surface area (Å²) in [4.78, 5) is 17.0. The minimum atomic E-state index is -4.44. The van der Waals surface area contributed by atoms with Crippen LogP contribution < -0.4 is 4.74 Å². The van der Waals surface area contributed by atoms with Gasteiger partial charge in [-0.3, -0.25) is 19.1 Å². The Morgan fingerprint density at radius 1 is 0.545 bits per heavy atom. The smallest absolute Gasteiger partial charge is 0.418 e. The van der Waals surface area contributed by atoms with Crippen molar-refractivity contribution in [3.63, 3.8) is 0 Å². The van der Waals surface area contributed by atoms with Crippen LogP contribution in [0.3, 0.4) is 0 Å². The molecule has 0 spiro atoms. The summed E-state index contributed by atoms with van der Waals surface area (Å²) in [5.74, 6) is -5.93. The van der Waals surface area contributed by atoms with E-state index in [0.29, 0.717) is 38.2 Å². The highest BCUT2D eigenvalue weighted by molar-refractivity contribution is 7.86. The van der Waals surface area contributed by atoms with E-state index in [0.717, 1.165) is 54.3 Å². The summed E-state index contributed by atoms with van der Waals surface area (Å²) in [7, 11) is 0.980. The number of likely N-dealkylation sites (tertiary alicyclic amines) is 3. The second-order valence-electron chi connectivity index (χ2n) is 23.2. The predicted molar refractivity (Wildman–Crippen MR) is 325 cm³/mol. The number of aromatic hydroxyl groups is 1. The van der Waals surface area contributed by atoms with Crippen LogP contribution in [0.15, 0.2) is 121 Å². The second kappa shape index (κ2) is 41.0. The van der Waals surface area contributed by atoms with Crippen LogP contribution in [0.4, 0.5) is 92.2 Å². The third kappa shape index (κ3) is 38.4. The Labute approximate surface area is 571 Å². The van der Waals surface area contributed by atoms with Gasteiger partial charge in [0.2, 0.25) is 0 Å². The van der Waals surface area contributed by atoms with Crippen LogP contribution in [0.1, 0.15) is 72.8 Å². The van der Waals surface area contributed by atoms with E-state index in [1.807, 2.05) is 60.7 Å². The molecule has 4 aliphatic rings. The number of azide groups is 1. The normalized spacial score (nSPS) is 21.7. The third-order valence-corrected chi connectivity index (χ3v) is 15.1. The lowest BCUT2D eigenvalue weighted by atomic mass is 9.87. The molecule has 1 aliphatic carbocycles. The van der Waals surface area contributed by atoms with Crippen molar-refractivity contribution < 1.29 is 130 Å². The number of aliphatic hydroxyl groups is 3. The number of hydrogen-bond donors (Lipinski definition) is 4. The van der Waals surface area contributed by atoms with E-state index in [1.54, 1.807) is 19.0 Å². The number of pyridine rings is 3. The number of β-amino-alcohol motifs (C(OH)–C–C–N with tert-alkyl or cyclic N) is 1. The molecule has 1 saturated carbocycles. The first-order valence-electron chi connectivity index (χ1n) is 29.7. The van der Waals surface area contributed by atoms with Crippen LogP contribution in [0.5, 0.6) is 11.5 Å². The van der Waals surface area contributed by atoms with Crippen molar-refractivity contribution in [1.82, 2.24) is 29.7 Å². The third-order valence-electron chi connectivity index (χ3n) is 14.2. The number of nitrogens with zero attached hydrogens (tertiary/aromatic N) is 9. The van der Waals surface area contributed by atoms with Gasteiger partial charge in [-0.15, -0.1) is 0 Å². The molecule has 2 aromatic carbocycles. The van der Waals surface area contributed by atoms with Gasteiger partial charge >= 0.3 is 43.2 Å². The Morgan fingerprint density at radius 2 is 0.970 bits per heavy atom. The van der Waals surface area contributed by atoms with Crippen LogP contribution >= 0.6 is 11.6 Å². The van der Waals surface area contributed by atoms with E-state index in [4.69, 9.17) is 42.3 Å². The molecule has 9 rings (SSSR count). The molecule has 4 fully saturated rings. The van der Waals surface area contributed by atoms with Crippen molar-refractivity contribution in [2.45, 2.75) is 126 Å². The molecule has 17 nitrogen and oxygen atoms in total. The van der Waals surface area contributed by atoms with E-state index in [2.05, 4.69) is 29.2 Å². The Hall–Kier alpha value is -6.71. The molecule has 6 heterocycles. The Bertz CT molecular complexity index is 3270. The predicted octanol–water partition coefficient (Wildman–Crippen LogP) is 15.4. The molecule has 4 N–H and O–H groups in total. The molecular weight excluding hydrogens is 1450 g/mol. The number of likely N-dealkylation sites (N-methyl/N-ethyl adjacent to an activating group) is 3. The Morgan fingerprint density at radius 3 is 1.37 bits per heavy atom. The van der Waals surface area contributed by atoms with Crippen molar-refractivity contribution in [3.05, 3.63) is 159 Å². The maximum Gasteiger partial charge on any atom is 0.418 e. The number of alkyl halides is 21. The fourth-order valence-electron chi connectivity index (χ4n) is 9.61. The van der Waals surface area contributed by atoms with Crippen LogP contribution in [0.25, 0.3) is 10.4 Å². The quantitative estimate of drug-likeness (QED) is 0.0391. The van der Waals surface area contributed by atoms with E-state index in [9.17, 15) is 101 Å². The molecule has 0 amide bonds. The first kappa shape index (κ1) is 90.4. The molecule has 570 valence electrons. The van der Waals surface area contributed by atoms with E-state index in [1.165, 1.54) is 23.0 Å². The maximum absolute atomic E-state index is 12.5. The number of halogens is 22. The molecule has 8 atom stereocenters. The lowest BCUT2D eigenvalue weighted by molar-refractivity contribution is -0.194. The maximum atomic E-state index is 12.5. The van der Waals surface area contributed by atoms with Crippen LogP contribution in [-0.4, -0.2) is 174 Å². The second-order valence-corrected chi connectivity index (χ2v) is 25.3. The Kier molecular flexibility index (Phi) is 36.6. The number of aliphatic hydroxyl groups excluding tert-OH is 3. The molecule has 0 unspecified atom stereocenters. The van der Waals surface area contributed by atoms with Gasteiger partial charge in [0.05, 0.1) is 95.0 Å². The summed E-state index contributed by atoms with van der Waals surface area (Å²) in [5.41, 5.74) is 7.41. The first-order valence-corrected chi connectivity index (χ1v) is 31.9. The topological polar surface area (TPSA) is 231 Å².